The van der Waals surface area contributed by atoms with E-state index < -0.39 is 0 Å². The number of hydrogen-bond acceptors (Lipinski definition) is 6. The summed E-state index contributed by atoms with van der Waals surface area (Å²) >= 11 is 1.59. The summed E-state index contributed by atoms with van der Waals surface area (Å²) < 4.78 is 7.52. The Morgan fingerprint density at radius 2 is 1.91 bits per heavy atom. The highest BCUT2D eigenvalue weighted by molar-refractivity contribution is 7.97. The lowest BCUT2D eigenvalue weighted by Crippen LogP contribution is -2.07. The number of nitrogens with one attached hydrogen (secondary N) is 2. The summed E-state index contributed by atoms with van der Waals surface area (Å²) in [6.45, 7) is 5.62. The Balaban J connectivity index is 0.00000126. The van der Waals surface area contributed by atoms with Crippen LogP contribution in [0, 0.1) is 19.3 Å². The minimum atomic E-state index is 0.657. The summed E-state index contributed by atoms with van der Waals surface area (Å²) in [7, 11) is 1.50. The number of rotatable bonds is 8. The third-order valence-electron chi connectivity index (χ3n) is 5.83. The summed E-state index contributed by atoms with van der Waals surface area (Å²) in [4.78, 5) is 5.81. The third-order valence-corrected chi connectivity index (χ3v) is 6.57. The van der Waals surface area contributed by atoms with Gasteiger partial charge in [-0.2, -0.15) is 5.10 Å². The van der Waals surface area contributed by atoms with Crippen LogP contribution in [0.2, 0.25) is 0 Å². The molecule has 0 bridgehead atoms. The zero-order valence-corrected chi connectivity index (χ0v) is 20.2. The fourth-order valence-electron chi connectivity index (χ4n) is 4.03. The molecule has 1 aliphatic rings. The van der Waals surface area contributed by atoms with Gasteiger partial charge in [0.2, 0.25) is 0 Å². The van der Waals surface area contributed by atoms with Crippen molar-refractivity contribution in [2.75, 3.05) is 7.05 Å². The highest BCUT2D eigenvalue weighted by Crippen LogP contribution is 2.39. The number of aromatic nitrogens is 4. The Kier molecular flexibility index (Phi) is 7.27. The number of benzene rings is 1. The molecule has 3 aromatic heterocycles. The number of hydrogen-bond donors (Lipinski definition) is 3. The molecule has 0 saturated heterocycles. The first-order chi connectivity index (χ1) is 16.1. The summed E-state index contributed by atoms with van der Waals surface area (Å²) in [5, 5.41) is 11.9. The molecule has 0 unspecified atom stereocenters. The van der Waals surface area contributed by atoms with Crippen LogP contribution in [-0.4, -0.2) is 32.4 Å². The largest absolute Gasteiger partial charge is 0.333 e. The quantitative estimate of drug-likeness (QED) is 0.266. The summed E-state index contributed by atoms with van der Waals surface area (Å²) in [6.07, 6.45) is 12.3. The fourth-order valence-corrected chi connectivity index (χ4v) is 4.68. The van der Waals surface area contributed by atoms with Crippen molar-refractivity contribution in [2.45, 2.75) is 50.6 Å². The van der Waals surface area contributed by atoms with Crippen LogP contribution in [0.5, 0.6) is 0 Å². The third kappa shape index (κ3) is 5.52. The van der Waals surface area contributed by atoms with Crippen LogP contribution in [0.15, 0.2) is 53.9 Å². The molecule has 3 heterocycles. The van der Waals surface area contributed by atoms with Crippen LogP contribution in [0.25, 0.3) is 5.65 Å². The van der Waals surface area contributed by atoms with E-state index in [0.29, 0.717) is 6.54 Å². The zero-order valence-electron chi connectivity index (χ0n) is 19.4. The van der Waals surface area contributed by atoms with Gasteiger partial charge < -0.3 is 15.5 Å². The van der Waals surface area contributed by atoms with Crippen molar-refractivity contribution in [3.63, 3.8) is 0 Å². The molecule has 1 aliphatic carbocycles. The second-order valence-corrected chi connectivity index (χ2v) is 9.27. The Morgan fingerprint density at radius 1 is 1.15 bits per heavy atom. The van der Waals surface area contributed by atoms with Crippen LogP contribution in [0.1, 0.15) is 52.3 Å². The first-order valence-electron chi connectivity index (χ1n) is 11.2. The molecular formula is C25H31N7S. The number of fused-ring (bicyclic) bond motifs is 1. The van der Waals surface area contributed by atoms with Gasteiger partial charge in [0.15, 0.2) is 0 Å². The van der Waals surface area contributed by atoms with Gasteiger partial charge in [-0.3, -0.25) is 9.40 Å². The van der Waals surface area contributed by atoms with Gasteiger partial charge in [-0.25, -0.2) is 4.98 Å². The van der Waals surface area contributed by atoms with E-state index >= 15 is 0 Å². The number of nitrogens with two attached hydrogens (primary N) is 1. The molecule has 4 N–H and O–H groups in total. The molecule has 8 heteroatoms. The number of pyridine rings is 1. The first-order valence-corrected chi connectivity index (χ1v) is 12.0. The van der Waals surface area contributed by atoms with E-state index in [2.05, 4.69) is 76.7 Å². The van der Waals surface area contributed by atoms with Gasteiger partial charge in [0.1, 0.15) is 5.65 Å². The zero-order chi connectivity index (χ0) is 23.4. The molecule has 0 amide bonds. The minimum Gasteiger partial charge on any atom is -0.333 e. The van der Waals surface area contributed by atoms with Gasteiger partial charge in [-0.15, -0.1) is 0 Å². The average Bonchev–Trinajstić information content (AvgIpc) is 3.45. The van der Waals surface area contributed by atoms with Gasteiger partial charge in [-0.05, 0) is 85.5 Å². The summed E-state index contributed by atoms with van der Waals surface area (Å²) in [5.74, 6) is 0.745. The second-order valence-electron chi connectivity index (χ2n) is 8.31. The molecule has 1 saturated carbocycles. The minimum absolute atomic E-state index is 0.657. The molecule has 1 aromatic carbocycles. The van der Waals surface area contributed by atoms with Crippen LogP contribution in [-0.2, 0) is 13.1 Å². The van der Waals surface area contributed by atoms with Crippen molar-refractivity contribution < 1.29 is 0 Å². The molecular weight excluding hydrogens is 430 g/mol. The number of nitrogens with zero attached hydrogens (tertiary/aromatic N) is 4. The molecule has 4 aromatic rings. The summed E-state index contributed by atoms with van der Waals surface area (Å²) in [5.41, 5.74) is 12.6. The van der Waals surface area contributed by atoms with E-state index in [0.717, 1.165) is 34.3 Å². The Labute approximate surface area is 199 Å². The van der Waals surface area contributed by atoms with Gasteiger partial charge >= 0.3 is 0 Å². The maximum absolute atomic E-state index is 7.44. The molecule has 1 fully saturated rings. The topological polar surface area (TPSA) is 97.0 Å². The van der Waals surface area contributed by atoms with Crippen molar-refractivity contribution in [1.82, 2.24) is 23.9 Å². The molecule has 0 atom stereocenters. The fraction of sp³-hybridized carbons (Fsp3) is 0.320. The SMILES string of the molecule is CN.Cc1cc(C=N)cc(C)c1CNSc1cnn(Cc2cn3cc(C4CC4)ccc3n2)c1. The predicted molar refractivity (Wildman–Crippen MR) is 135 cm³/mol. The second kappa shape index (κ2) is 10.3. The van der Waals surface area contributed by atoms with Crippen molar-refractivity contribution in [3.05, 3.63) is 82.6 Å². The number of imidazole rings is 1. The number of aryl methyl sites for hydroxylation is 2. The lowest BCUT2D eigenvalue weighted by Gasteiger charge is -2.11. The maximum atomic E-state index is 7.44. The van der Waals surface area contributed by atoms with E-state index in [4.69, 9.17) is 10.4 Å². The van der Waals surface area contributed by atoms with Crippen molar-refractivity contribution >= 4 is 23.8 Å². The van der Waals surface area contributed by atoms with Crippen LogP contribution >= 0.6 is 11.9 Å². The molecule has 172 valence electrons. The normalized spacial score (nSPS) is 13.1. The van der Waals surface area contributed by atoms with Gasteiger partial charge in [0.05, 0.1) is 23.3 Å². The highest BCUT2D eigenvalue weighted by Gasteiger charge is 2.23. The van der Waals surface area contributed by atoms with E-state index in [-0.39, 0.29) is 0 Å². The average molecular weight is 462 g/mol. The molecule has 0 radical (unpaired) electrons. The van der Waals surface area contributed by atoms with Crippen LogP contribution < -0.4 is 10.5 Å². The Morgan fingerprint density at radius 3 is 2.61 bits per heavy atom. The molecule has 0 spiro atoms. The smallest absolute Gasteiger partial charge is 0.137 e. The summed E-state index contributed by atoms with van der Waals surface area (Å²) in [6, 6.07) is 8.44. The standard InChI is InChI=1S/C24H26N6S.CH5N/c1-16-7-18(9-25)8-17(2)23(16)11-27-31-22-10-26-30(15-22)14-21-13-29-12-20(19-3-4-19)5-6-24(29)28-21;1-2/h5-10,12-13,15,19,25,27H,3-4,11,14H2,1-2H3;2H2,1H3. The monoisotopic (exact) mass is 461 g/mol. The van der Waals surface area contributed by atoms with Crippen LogP contribution in [0.4, 0.5) is 0 Å². The van der Waals surface area contributed by atoms with Gasteiger partial charge in [0, 0.05) is 31.3 Å². The lowest BCUT2D eigenvalue weighted by molar-refractivity contribution is 0.675. The van der Waals surface area contributed by atoms with E-state index in [9.17, 15) is 0 Å². The lowest BCUT2D eigenvalue weighted by atomic mass is 10.00. The van der Waals surface area contributed by atoms with Crippen molar-refractivity contribution in [3.8, 4) is 0 Å². The van der Waals surface area contributed by atoms with E-state index in [1.54, 1.807) is 11.9 Å². The van der Waals surface area contributed by atoms with Gasteiger partial charge in [0.25, 0.3) is 0 Å². The maximum Gasteiger partial charge on any atom is 0.137 e. The predicted octanol–water partition coefficient (Wildman–Crippen LogP) is 4.44. The molecule has 7 nitrogen and oxygen atoms in total. The van der Waals surface area contributed by atoms with Crippen molar-refractivity contribution in [1.29, 1.82) is 5.41 Å². The van der Waals surface area contributed by atoms with Crippen LogP contribution in [0.3, 0.4) is 0 Å². The van der Waals surface area contributed by atoms with E-state index in [1.807, 2.05) is 10.9 Å². The Hall–Kier alpha value is -2.94. The molecule has 0 aliphatic heterocycles. The Bertz CT molecular complexity index is 1230. The molecule has 33 heavy (non-hydrogen) atoms. The highest BCUT2D eigenvalue weighted by atomic mass is 32.2. The first kappa shape index (κ1) is 23.2. The van der Waals surface area contributed by atoms with Gasteiger partial charge in [-0.1, -0.05) is 18.2 Å². The molecule has 5 rings (SSSR count). The van der Waals surface area contributed by atoms with Crippen molar-refractivity contribution in [2.24, 2.45) is 5.73 Å². The van der Waals surface area contributed by atoms with E-state index in [1.165, 1.54) is 48.4 Å².